The third-order valence-electron chi connectivity index (χ3n) is 5.15. The zero-order valence-electron chi connectivity index (χ0n) is 15.2. The van der Waals surface area contributed by atoms with Gasteiger partial charge in [0.15, 0.2) is 6.10 Å². The Morgan fingerprint density at radius 2 is 1.68 bits per heavy atom. The number of fused-ring (bicyclic) bond motifs is 1. The number of imide groups is 1. The quantitative estimate of drug-likeness (QED) is 0.449. The standard InChI is InChI=1S/C20H19N3O5/c1-2-6-16-17-18(28-22(16)14-7-4-3-5-8-14)20(25)21(19(17)24)13-9-11-15(12-10-13)23(26)27/h3-5,7-12,16-18H,2,6H2,1H3/t16-,17-,18-/m1/s1. The van der Waals surface area contributed by atoms with E-state index in [9.17, 15) is 19.7 Å². The van der Waals surface area contributed by atoms with E-state index in [0.29, 0.717) is 12.1 Å². The number of hydrogen-bond donors (Lipinski definition) is 0. The molecule has 2 aromatic rings. The number of nitro benzene ring substituents is 1. The molecule has 0 N–H and O–H groups in total. The fourth-order valence-corrected chi connectivity index (χ4v) is 3.89. The molecule has 2 aliphatic rings. The fraction of sp³-hybridized carbons (Fsp3) is 0.300. The van der Waals surface area contributed by atoms with Gasteiger partial charge in [-0.25, -0.2) is 9.96 Å². The Morgan fingerprint density at radius 1 is 1.00 bits per heavy atom. The second kappa shape index (κ2) is 7.05. The summed E-state index contributed by atoms with van der Waals surface area (Å²) in [4.78, 5) is 43.5. The molecule has 28 heavy (non-hydrogen) atoms. The summed E-state index contributed by atoms with van der Waals surface area (Å²) in [6, 6.07) is 14.6. The molecule has 0 saturated carbocycles. The third kappa shape index (κ3) is 2.82. The lowest BCUT2D eigenvalue weighted by molar-refractivity contribution is -0.384. The summed E-state index contributed by atoms with van der Waals surface area (Å²) in [6.07, 6.45) is 0.641. The van der Waals surface area contributed by atoms with Gasteiger partial charge in [0.1, 0.15) is 0 Å². The van der Waals surface area contributed by atoms with E-state index in [4.69, 9.17) is 4.84 Å². The van der Waals surface area contributed by atoms with E-state index >= 15 is 0 Å². The van der Waals surface area contributed by atoms with Gasteiger partial charge in [-0.05, 0) is 30.7 Å². The minimum Gasteiger partial charge on any atom is -0.273 e. The minimum atomic E-state index is -0.889. The van der Waals surface area contributed by atoms with Crippen LogP contribution in [0.25, 0.3) is 0 Å². The molecule has 0 aromatic heterocycles. The Morgan fingerprint density at radius 3 is 2.29 bits per heavy atom. The lowest BCUT2D eigenvalue weighted by Gasteiger charge is -2.28. The maximum Gasteiger partial charge on any atom is 0.269 e. The van der Waals surface area contributed by atoms with E-state index in [2.05, 4.69) is 0 Å². The Kier molecular flexibility index (Phi) is 4.56. The van der Waals surface area contributed by atoms with Crippen LogP contribution in [0.1, 0.15) is 19.8 Å². The maximum atomic E-state index is 13.1. The SMILES string of the molecule is CCC[C@@H]1[C@H]2C(=O)N(c3ccc([N+](=O)[O-])cc3)C(=O)[C@@H]2ON1c1ccccc1. The van der Waals surface area contributed by atoms with Crippen LogP contribution in [0.4, 0.5) is 17.1 Å². The number of anilines is 2. The van der Waals surface area contributed by atoms with Crippen molar-refractivity contribution < 1.29 is 19.3 Å². The highest BCUT2D eigenvalue weighted by Gasteiger charge is 2.59. The van der Waals surface area contributed by atoms with Gasteiger partial charge in [-0.15, -0.1) is 0 Å². The second-order valence-corrected chi connectivity index (χ2v) is 6.85. The number of rotatable bonds is 5. The Bertz CT molecular complexity index is 915. The summed E-state index contributed by atoms with van der Waals surface area (Å²) < 4.78 is 0. The number of para-hydroxylation sites is 1. The average Bonchev–Trinajstić information content (AvgIpc) is 3.19. The van der Waals surface area contributed by atoms with Crippen molar-refractivity contribution in [2.75, 3.05) is 9.96 Å². The van der Waals surface area contributed by atoms with Gasteiger partial charge in [0, 0.05) is 12.1 Å². The highest BCUT2D eigenvalue weighted by Crippen LogP contribution is 2.41. The van der Waals surface area contributed by atoms with E-state index in [0.717, 1.165) is 17.0 Å². The summed E-state index contributed by atoms with van der Waals surface area (Å²) in [5.41, 5.74) is 1.02. The van der Waals surface area contributed by atoms with Crippen LogP contribution >= 0.6 is 0 Å². The first-order valence-corrected chi connectivity index (χ1v) is 9.16. The van der Waals surface area contributed by atoms with E-state index in [1.54, 1.807) is 5.06 Å². The number of carbonyl (C=O) groups excluding carboxylic acids is 2. The van der Waals surface area contributed by atoms with E-state index < -0.39 is 22.9 Å². The summed E-state index contributed by atoms with van der Waals surface area (Å²) in [5, 5.41) is 12.5. The molecule has 2 amide bonds. The van der Waals surface area contributed by atoms with Crippen molar-refractivity contribution in [3.8, 4) is 0 Å². The first-order valence-electron chi connectivity index (χ1n) is 9.16. The van der Waals surface area contributed by atoms with Crippen molar-refractivity contribution in [2.24, 2.45) is 5.92 Å². The summed E-state index contributed by atoms with van der Waals surface area (Å²) in [6.45, 7) is 2.02. The smallest absolute Gasteiger partial charge is 0.269 e. The fourth-order valence-electron chi connectivity index (χ4n) is 3.89. The van der Waals surface area contributed by atoms with Gasteiger partial charge < -0.3 is 0 Å². The number of hydroxylamine groups is 1. The molecule has 2 fully saturated rings. The number of amides is 2. The molecule has 0 radical (unpaired) electrons. The number of nitrogens with zero attached hydrogens (tertiary/aromatic N) is 3. The lowest BCUT2D eigenvalue weighted by Crippen LogP contribution is -2.40. The van der Waals surface area contributed by atoms with Crippen molar-refractivity contribution in [2.45, 2.75) is 31.9 Å². The topological polar surface area (TPSA) is 93.0 Å². The highest BCUT2D eigenvalue weighted by atomic mass is 16.7. The van der Waals surface area contributed by atoms with E-state index in [1.165, 1.54) is 24.3 Å². The molecule has 144 valence electrons. The predicted octanol–water partition coefficient (Wildman–Crippen LogP) is 3.07. The zero-order chi connectivity index (χ0) is 19.8. The van der Waals surface area contributed by atoms with Crippen LogP contribution in [-0.2, 0) is 14.4 Å². The minimum absolute atomic E-state index is 0.0987. The summed E-state index contributed by atoms with van der Waals surface area (Å²) >= 11 is 0. The molecule has 2 aliphatic heterocycles. The number of carbonyl (C=O) groups is 2. The van der Waals surface area contributed by atoms with Crippen molar-refractivity contribution in [3.05, 3.63) is 64.7 Å². The molecule has 0 aliphatic carbocycles. The molecule has 0 spiro atoms. The molecule has 8 heteroatoms. The van der Waals surface area contributed by atoms with Crippen LogP contribution in [0.15, 0.2) is 54.6 Å². The van der Waals surface area contributed by atoms with Gasteiger partial charge in [-0.1, -0.05) is 31.5 Å². The Hall–Kier alpha value is -3.26. The lowest BCUT2D eigenvalue weighted by atomic mass is 9.93. The van der Waals surface area contributed by atoms with Crippen LogP contribution in [0, 0.1) is 16.0 Å². The largest absolute Gasteiger partial charge is 0.273 e. The second-order valence-electron chi connectivity index (χ2n) is 6.85. The monoisotopic (exact) mass is 381 g/mol. The van der Waals surface area contributed by atoms with Gasteiger partial charge in [0.25, 0.3) is 11.6 Å². The van der Waals surface area contributed by atoms with Crippen molar-refractivity contribution in [1.82, 2.24) is 0 Å². The molecule has 3 atom stereocenters. The number of nitro groups is 1. The first kappa shape index (κ1) is 18.1. The molecular weight excluding hydrogens is 362 g/mol. The van der Waals surface area contributed by atoms with Gasteiger partial charge in [0.05, 0.1) is 28.3 Å². The molecule has 2 saturated heterocycles. The number of benzene rings is 2. The zero-order valence-corrected chi connectivity index (χ0v) is 15.2. The van der Waals surface area contributed by atoms with Gasteiger partial charge in [-0.2, -0.15) is 0 Å². The molecule has 2 heterocycles. The predicted molar refractivity (Wildman–Crippen MR) is 102 cm³/mol. The van der Waals surface area contributed by atoms with Crippen LogP contribution in [0.5, 0.6) is 0 Å². The van der Waals surface area contributed by atoms with Gasteiger partial charge in [-0.3, -0.25) is 24.5 Å². The highest BCUT2D eigenvalue weighted by molar-refractivity contribution is 6.23. The number of hydrogen-bond acceptors (Lipinski definition) is 6. The van der Waals surface area contributed by atoms with Crippen LogP contribution in [0.2, 0.25) is 0 Å². The Labute approximate surface area is 161 Å². The van der Waals surface area contributed by atoms with E-state index in [1.807, 2.05) is 37.3 Å². The van der Waals surface area contributed by atoms with Crippen molar-refractivity contribution >= 4 is 28.9 Å². The van der Waals surface area contributed by atoms with Crippen LogP contribution in [0.3, 0.4) is 0 Å². The van der Waals surface area contributed by atoms with Crippen molar-refractivity contribution in [1.29, 1.82) is 0 Å². The van der Waals surface area contributed by atoms with Crippen molar-refractivity contribution in [3.63, 3.8) is 0 Å². The molecule has 0 bridgehead atoms. The van der Waals surface area contributed by atoms with Gasteiger partial charge >= 0.3 is 0 Å². The number of non-ortho nitro benzene ring substituents is 1. The first-order chi connectivity index (χ1) is 13.5. The Balaban J connectivity index is 1.65. The normalized spacial score (nSPS) is 24.0. The van der Waals surface area contributed by atoms with Crippen LogP contribution < -0.4 is 9.96 Å². The molecule has 2 aromatic carbocycles. The maximum absolute atomic E-state index is 13.1. The molecule has 0 unspecified atom stereocenters. The molecular formula is C20H19N3O5. The molecule has 8 nitrogen and oxygen atoms in total. The molecule has 4 rings (SSSR count). The summed E-state index contributed by atoms with van der Waals surface area (Å²) in [7, 11) is 0. The van der Waals surface area contributed by atoms with Crippen LogP contribution in [-0.4, -0.2) is 28.9 Å². The summed E-state index contributed by atoms with van der Waals surface area (Å²) in [5.74, 6) is -1.38. The third-order valence-corrected chi connectivity index (χ3v) is 5.15. The average molecular weight is 381 g/mol. The van der Waals surface area contributed by atoms with E-state index in [-0.39, 0.29) is 17.6 Å². The van der Waals surface area contributed by atoms with Gasteiger partial charge in [0.2, 0.25) is 5.91 Å².